The minimum atomic E-state index is -5.53. The summed E-state index contributed by atoms with van der Waals surface area (Å²) in [5.74, 6) is 0. The largest absolute Gasteiger partial charge is 0.411 e. The van der Waals surface area contributed by atoms with Crippen molar-refractivity contribution >= 4 is 0 Å². The number of aryl methyl sites for hydroxylation is 2. The van der Waals surface area contributed by atoms with Gasteiger partial charge in [-0.1, -0.05) is 48.5 Å². The highest BCUT2D eigenvalue weighted by Crippen LogP contribution is 2.56. The molecule has 6 heteroatoms. The normalized spacial score (nSPS) is 13.2. The maximum absolute atomic E-state index is 13.8. The topological polar surface area (TPSA) is 0 Å². The maximum atomic E-state index is 13.8. The number of alkyl halides is 6. The summed E-state index contributed by atoms with van der Waals surface area (Å²) >= 11 is 0. The highest BCUT2D eigenvalue weighted by molar-refractivity contribution is 5.46. The SMILES string of the molecule is Cc1ccc(C(c2ccccc2)(C(F)(F)F)C(F)(F)F)cc1C. The van der Waals surface area contributed by atoms with Gasteiger partial charge in [0, 0.05) is 0 Å². The van der Waals surface area contributed by atoms with E-state index in [-0.39, 0.29) is 0 Å². The predicted molar refractivity (Wildman–Crippen MR) is 75.2 cm³/mol. The summed E-state index contributed by atoms with van der Waals surface area (Å²) in [6.45, 7) is 3.12. The Morgan fingerprint density at radius 1 is 0.609 bits per heavy atom. The first-order valence-corrected chi connectivity index (χ1v) is 6.78. The quantitative estimate of drug-likeness (QED) is 0.618. The molecule has 0 aromatic heterocycles. The molecule has 0 amide bonds. The molecule has 2 aromatic rings. The van der Waals surface area contributed by atoms with Crippen LogP contribution in [0.15, 0.2) is 48.5 Å². The van der Waals surface area contributed by atoms with Crippen molar-refractivity contribution < 1.29 is 26.3 Å². The number of benzene rings is 2. The molecule has 0 N–H and O–H groups in total. The molecular formula is C17H14F6. The third-order valence-electron chi connectivity index (χ3n) is 4.00. The van der Waals surface area contributed by atoms with Crippen LogP contribution in [-0.2, 0) is 5.41 Å². The van der Waals surface area contributed by atoms with E-state index in [1.807, 2.05) is 0 Å². The molecule has 0 bridgehead atoms. The van der Waals surface area contributed by atoms with Gasteiger partial charge in [0.05, 0.1) is 0 Å². The molecule has 0 heterocycles. The van der Waals surface area contributed by atoms with Gasteiger partial charge in [-0.3, -0.25) is 0 Å². The van der Waals surface area contributed by atoms with Gasteiger partial charge < -0.3 is 0 Å². The second-order valence-electron chi connectivity index (χ2n) is 5.41. The summed E-state index contributed by atoms with van der Waals surface area (Å²) in [5, 5.41) is 0. The fourth-order valence-electron chi connectivity index (χ4n) is 2.64. The summed E-state index contributed by atoms with van der Waals surface area (Å²) in [6, 6.07) is 8.57. The third-order valence-corrected chi connectivity index (χ3v) is 4.00. The Hall–Kier alpha value is -1.98. The summed E-state index contributed by atoms with van der Waals surface area (Å²) < 4.78 is 82.5. The van der Waals surface area contributed by atoms with E-state index in [1.54, 1.807) is 6.92 Å². The lowest BCUT2D eigenvalue weighted by atomic mass is 9.72. The van der Waals surface area contributed by atoms with Crippen molar-refractivity contribution in [2.24, 2.45) is 0 Å². The van der Waals surface area contributed by atoms with E-state index < -0.39 is 28.9 Å². The first-order chi connectivity index (χ1) is 10.5. The lowest BCUT2D eigenvalue weighted by molar-refractivity contribution is -0.288. The second kappa shape index (κ2) is 5.58. The number of hydrogen-bond donors (Lipinski definition) is 0. The monoisotopic (exact) mass is 332 g/mol. The Balaban J connectivity index is 2.91. The van der Waals surface area contributed by atoms with Gasteiger partial charge in [-0.25, -0.2) is 0 Å². The lowest BCUT2D eigenvalue weighted by Gasteiger charge is -2.38. The molecular weight excluding hydrogens is 318 g/mol. The first-order valence-electron chi connectivity index (χ1n) is 6.78. The Labute approximate surface area is 129 Å². The molecule has 0 aliphatic rings. The zero-order chi connectivity index (χ0) is 17.5. The number of halogens is 6. The molecule has 0 nitrogen and oxygen atoms in total. The highest BCUT2D eigenvalue weighted by atomic mass is 19.4. The van der Waals surface area contributed by atoms with Crippen molar-refractivity contribution in [2.45, 2.75) is 31.6 Å². The van der Waals surface area contributed by atoms with Crippen LogP contribution >= 0.6 is 0 Å². The predicted octanol–water partition coefficient (Wildman–Crippen LogP) is 5.71. The fourth-order valence-corrected chi connectivity index (χ4v) is 2.64. The molecule has 0 saturated heterocycles. The van der Waals surface area contributed by atoms with Crippen molar-refractivity contribution in [3.63, 3.8) is 0 Å². The Bertz CT molecular complexity index is 668. The number of hydrogen-bond acceptors (Lipinski definition) is 0. The summed E-state index contributed by atoms with van der Waals surface area (Å²) in [6.07, 6.45) is -11.1. The average molecular weight is 332 g/mol. The zero-order valence-corrected chi connectivity index (χ0v) is 12.4. The van der Waals surface area contributed by atoms with Gasteiger partial charge in [-0.2, -0.15) is 26.3 Å². The highest BCUT2D eigenvalue weighted by Gasteiger charge is 2.72. The minimum Gasteiger partial charge on any atom is -0.169 e. The first kappa shape index (κ1) is 17.4. The van der Waals surface area contributed by atoms with E-state index in [9.17, 15) is 26.3 Å². The Morgan fingerprint density at radius 2 is 1.13 bits per heavy atom. The van der Waals surface area contributed by atoms with Crippen molar-refractivity contribution in [2.75, 3.05) is 0 Å². The van der Waals surface area contributed by atoms with Crippen LogP contribution in [0.3, 0.4) is 0 Å². The van der Waals surface area contributed by atoms with Crippen molar-refractivity contribution in [1.82, 2.24) is 0 Å². The molecule has 23 heavy (non-hydrogen) atoms. The van der Waals surface area contributed by atoms with E-state index in [4.69, 9.17) is 0 Å². The van der Waals surface area contributed by atoms with Crippen LogP contribution < -0.4 is 0 Å². The lowest BCUT2D eigenvalue weighted by Crippen LogP contribution is -2.54. The van der Waals surface area contributed by atoms with Gasteiger partial charge in [0.15, 0.2) is 0 Å². The molecule has 0 atom stereocenters. The van der Waals surface area contributed by atoms with Gasteiger partial charge in [-0.15, -0.1) is 0 Å². The Kier molecular flexibility index (Phi) is 4.22. The smallest absolute Gasteiger partial charge is 0.169 e. The molecule has 0 unspecified atom stereocenters. The van der Waals surface area contributed by atoms with Crippen molar-refractivity contribution in [3.05, 3.63) is 70.8 Å². The van der Waals surface area contributed by atoms with Gasteiger partial charge in [0.2, 0.25) is 5.41 Å². The van der Waals surface area contributed by atoms with Crippen molar-refractivity contribution in [1.29, 1.82) is 0 Å². The van der Waals surface area contributed by atoms with Gasteiger partial charge in [-0.05, 0) is 36.1 Å². The molecule has 124 valence electrons. The number of rotatable bonds is 2. The molecule has 0 saturated carbocycles. The second-order valence-corrected chi connectivity index (χ2v) is 5.41. The minimum absolute atomic E-state index is 0.372. The standard InChI is InChI=1S/C17H14F6/c1-11-8-9-14(10-12(11)2)15(16(18,19)20,17(21,22)23)13-6-4-3-5-7-13/h3-10H,1-2H3. The Morgan fingerprint density at radius 3 is 1.57 bits per heavy atom. The summed E-state index contributed by atoms with van der Waals surface area (Å²) in [4.78, 5) is 0. The summed E-state index contributed by atoms with van der Waals surface area (Å²) in [5.41, 5.74) is -4.73. The van der Waals surface area contributed by atoms with Crippen LogP contribution in [-0.4, -0.2) is 12.4 Å². The van der Waals surface area contributed by atoms with E-state index in [2.05, 4.69) is 0 Å². The molecule has 2 rings (SSSR count). The van der Waals surface area contributed by atoms with Crippen LogP contribution in [0.1, 0.15) is 22.3 Å². The zero-order valence-electron chi connectivity index (χ0n) is 12.4. The molecule has 0 aliphatic heterocycles. The molecule has 0 fully saturated rings. The van der Waals surface area contributed by atoms with E-state index >= 15 is 0 Å². The maximum Gasteiger partial charge on any atom is 0.411 e. The van der Waals surface area contributed by atoms with Gasteiger partial charge >= 0.3 is 12.4 Å². The molecule has 0 spiro atoms. The van der Waals surface area contributed by atoms with Crippen molar-refractivity contribution in [3.8, 4) is 0 Å². The summed E-state index contributed by atoms with van der Waals surface area (Å²) in [7, 11) is 0. The van der Waals surface area contributed by atoms with Crippen LogP contribution in [0.4, 0.5) is 26.3 Å². The van der Waals surface area contributed by atoms with Crippen LogP contribution in [0.5, 0.6) is 0 Å². The average Bonchev–Trinajstić information content (AvgIpc) is 2.41. The molecule has 2 aromatic carbocycles. The van der Waals surface area contributed by atoms with Gasteiger partial charge in [0.1, 0.15) is 0 Å². The third kappa shape index (κ3) is 2.71. The van der Waals surface area contributed by atoms with Gasteiger partial charge in [0.25, 0.3) is 0 Å². The molecule has 0 aliphatic carbocycles. The van der Waals surface area contributed by atoms with E-state index in [0.717, 1.165) is 24.3 Å². The van der Waals surface area contributed by atoms with Crippen LogP contribution in [0.25, 0.3) is 0 Å². The van der Waals surface area contributed by atoms with Crippen LogP contribution in [0, 0.1) is 13.8 Å². The molecule has 0 radical (unpaired) electrons. The van der Waals surface area contributed by atoms with E-state index in [0.29, 0.717) is 11.1 Å². The fraction of sp³-hybridized carbons (Fsp3) is 0.294. The van der Waals surface area contributed by atoms with Crippen LogP contribution in [0.2, 0.25) is 0 Å². The van der Waals surface area contributed by atoms with E-state index in [1.165, 1.54) is 31.2 Å².